The van der Waals surface area contributed by atoms with Crippen LogP contribution in [-0.2, 0) is 11.2 Å². The predicted molar refractivity (Wildman–Crippen MR) is 99.3 cm³/mol. The molecule has 2 atom stereocenters. The Kier molecular flexibility index (Phi) is 6.86. The zero-order chi connectivity index (χ0) is 19.1. The van der Waals surface area contributed by atoms with Crippen LogP contribution in [0.2, 0.25) is 0 Å². The first-order valence-electron chi connectivity index (χ1n) is 8.57. The van der Waals surface area contributed by atoms with Gasteiger partial charge in [-0.15, -0.1) is 0 Å². The standard InChI is InChI=1S/C20H24FN3O2/c1-4-14-8-10-15(11-9-14)18(16-6-5-7-17(21)12-16)23-13(2)19(25)24-20(26)22-3/h5-13,18,23H,4H2,1-3H3,(H2,22,24,25,26)/t13-,18+/m0/s1. The zero-order valence-corrected chi connectivity index (χ0v) is 15.2. The number of carbonyl (C=O) groups is 2. The predicted octanol–water partition coefficient (Wildman–Crippen LogP) is 2.91. The Morgan fingerprint density at radius 3 is 2.35 bits per heavy atom. The fourth-order valence-corrected chi connectivity index (χ4v) is 2.63. The lowest BCUT2D eigenvalue weighted by molar-refractivity contribution is -0.121. The molecule has 0 radical (unpaired) electrons. The summed E-state index contributed by atoms with van der Waals surface area (Å²) in [7, 11) is 1.44. The summed E-state index contributed by atoms with van der Waals surface area (Å²) in [5.74, 6) is -0.808. The van der Waals surface area contributed by atoms with E-state index >= 15 is 0 Å². The summed E-state index contributed by atoms with van der Waals surface area (Å²) >= 11 is 0. The minimum Gasteiger partial charge on any atom is -0.341 e. The molecule has 0 fully saturated rings. The van der Waals surface area contributed by atoms with Gasteiger partial charge in [0.1, 0.15) is 5.82 Å². The molecule has 0 unspecified atom stereocenters. The molecule has 0 saturated carbocycles. The Bertz CT molecular complexity index is 762. The number of rotatable bonds is 6. The Labute approximate surface area is 153 Å². The number of hydrogen-bond acceptors (Lipinski definition) is 3. The van der Waals surface area contributed by atoms with Gasteiger partial charge in [0.25, 0.3) is 0 Å². The van der Waals surface area contributed by atoms with Crippen molar-refractivity contribution in [3.05, 3.63) is 71.0 Å². The summed E-state index contributed by atoms with van der Waals surface area (Å²) in [6.45, 7) is 3.73. The van der Waals surface area contributed by atoms with Crippen molar-refractivity contribution in [1.82, 2.24) is 16.0 Å². The highest BCUT2D eigenvalue weighted by molar-refractivity contribution is 5.96. The molecule has 0 aliphatic heterocycles. The quantitative estimate of drug-likeness (QED) is 0.744. The first kappa shape index (κ1) is 19.6. The van der Waals surface area contributed by atoms with Gasteiger partial charge in [-0.2, -0.15) is 0 Å². The van der Waals surface area contributed by atoms with Crippen molar-refractivity contribution < 1.29 is 14.0 Å². The highest BCUT2D eigenvalue weighted by Crippen LogP contribution is 2.24. The van der Waals surface area contributed by atoms with E-state index in [4.69, 9.17) is 0 Å². The van der Waals surface area contributed by atoms with E-state index in [1.165, 1.54) is 24.7 Å². The van der Waals surface area contributed by atoms with E-state index in [1.54, 1.807) is 19.1 Å². The largest absolute Gasteiger partial charge is 0.341 e. The Balaban J connectivity index is 2.28. The van der Waals surface area contributed by atoms with Crippen molar-refractivity contribution in [2.24, 2.45) is 0 Å². The molecule has 2 aromatic carbocycles. The molecule has 138 valence electrons. The first-order valence-corrected chi connectivity index (χ1v) is 8.57. The fourth-order valence-electron chi connectivity index (χ4n) is 2.63. The molecule has 0 spiro atoms. The van der Waals surface area contributed by atoms with Crippen LogP contribution >= 0.6 is 0 Å². The van der Waals surface area contributed by atoms with Crippen molar-refractivity contribution in [3.63, 3.8) is 0 Å². The first-order chi connectivity index (χ1) is 12.4. The van der Waals surface area contributed by atoms with Crippen LogP contribution in [0.15, 0.2) is 48.5 Å². The van der Waals surface area contributed by atoms with Gasteiger partial charge in [0, 0.05) is 7.05 Å². The summed E-state index contributed by atoms with van der Waals surface area (Å²) in [5, 5.41) is 7.77. The van der Waals surface area contributed by atoms with Gasteiger partial charge < -0.3 is 5.32 Å². The van der Waals surface area contributed by atoms with Crippen LogP contribution in [-0.4, -0.2) is 25.0 Å². The summed E-state index contributed by atoms with van der Waals surface area (Å²) in [6, 6.07) is 12.6. The normalized spacial score (nSPS) is 12.9. The Morgan fingerprint density at radius 2 is 1.77 bits per heavy atom. The maximum atomic E-state index is 13.7. The molecule has 0 saturated heterocycles. The topological polar surface area (TPSA) is 70.2 Å². The van der Waals surface area contributed by atoms with Gasteiger partial charge in [0.05, 0.1) is 12.1 Å². The maximum Gasteiger partial charge on any atom is 0.321 e. The number of aryl methyl sites for hydroxylation is 1. The number of imide groups is 1. The number of urea groups is 1. The molecule has 0 aromatic heterocycles. The van der Waals surface area contributed by atoms with Gasteiger partial charge in [0.15, 0.2) is 0 Å². The average molecular weight is 357 g/mol. The number of halogens is 1. The monoisotopic (exact) mass is 357 g/mol. The van der Waals surface area contributed by atoms with Crippen molar-refractivity contribution >= 4 is 11.9 Å². The number of nitrogens with one attached hydrogen (secondary N) is 3. The summed E-state index contributed by atoms with van der Waals surface area (Å²) in [5.41, 5.74) is 2.80. The molecule has 3 amide bonds. The Morgan fingerprint density at radius 1 is 1.08 bits per heavy atom. The molecule has 0 aliphatic carbocycles. The summed E-state index contributed by atoms with van der Waals surface area (Å²) in [6.07, 6.45) is 0.920. The molecule has 26 heavy (non-hydrogen) atoms. The number of amides is 3. The summed E-state index contributed by atoms with van der Waals surface area (Å²) < 4.78 is 13.7. The molecule has 2 rings (SSSR count). The average Bonchev–Trinajstić information content (AvgIpc) is 2.65. The zero-order valence-electron chi connectivity index (χ0n) is 15.2. The molecule has 0 aliphatic rings. The van der Waals surface area contributed by atoms with Crippen molar-refractivity contribution in [3.8, 4) is 0 Å². The number of hydrogen-bond donors (Lipinski definition) is 3. The van der Waals surface area contributed by atoms with Crippen LogP contribution in [0, 0.1) is 5.82 Å². The van der Waals surface area contributed by atoms with E-state index < -0.39 is 18.0 Å². The lowest BCUT2D eigenvalue weighted by Gasteiger charge is -2.24. The van der Waals surface area contributed by atoms with Crippen molar-refractivity contribution in [1.29, 1.82) is 0 Å². The lowest BCUT2D eigenvalue weighted by atomic mass is 9.96. The van der Waals surface area contributed by atoms with Gasteiger partial charge in [0.2, 0.25) is 5.91 Å². The lowest BCUT2D eigenvalue weighted by Crippen LogP contribution is -2.48. The van der Waals surface area contributed by atoms with E-state index in [2.05, 4.69) is 22.9 Å². The molecule has 3 N–H and O–H groups in total. The second kappa shape index (κ2) is 9.10. The third kappa shape index (κ3) is 5.13. The molecule has 2 aromatic rings. The van der Waals surface area contributed by atoms with E-state index in [-0.39, 0.29) is 11.9 Å². The molecule has 0 heterocycles. The van der Waals surface area contributed by atoms with E-state index in [9.17, 15) is 14.0 Å². The molecule has 6 heteroatoms. The molecule has 0 bridgehead atoms. The molecular formula is C20H24FN3O2. The van der Waals surface area contributed by atoms with Gasteiger partial charge in [-0.1, -0.05) is 43.3 Å². The minimum atomic E-state index is -0.661. The van der Waals surface area contributed by atoms with Crippen molar-refractivity contribution in [2.45, 2.75) is 32.4 Å². The Hall–Kier alpha value is -2.73. The smallest absolute Gasteiger partial charge is 0.321 e. The SMILES string of the molecule is CCc1ccc([C@@H](N[C@@H](C)C(=O)NC(=O)NC)c2cccc(F)c2)cc1. The van der Waals surface area contributed by atoms with E-state index in [1.807, 2.05) is 24.3 Å². The third-order valence-electron chi connectivity index (χ3n) is 4.18. The van der Waals surface area contributed by atoms with Crippen LogP contribution in [0.1, 0.15) is 36.6 Å². The third-order valence-corrected chi connectivity index (χ3v) is 4.18. The van der Waals surface area contributed by atoms with Crippen LogP contribution < -0.4 is 16.0 Å². The molecule has 5 nitrogen and oxygen atoms in total. The fraction of sp³-hybridized carbons (Fsp3) is 0.300. The molecular weight excluding hydrogens is 333 g/mol. The van der Waals surface area contributed by atoms with Crippen LogP contribution in [0.25, 0.3) is 0 Å². The van der Waals surface area contributed by atoms with Crippen LogP contribution in [0.5, 0.6) is 0 Å². The van der Waals surface area contributed by atoms with Gasteiger partial charge in [-0.05, 0) is 42.2 Å². The van der Waals surface area contributed by atoms with Crippen LogP contribution in [0.4, 0.5) is 9.18 Å². The number of benzene rings is 2. The van der Waals surface area contributed by atoms with E-state index in [0.717, 1.165) is 12.0 Å². The van der Waals surface area contributed by atoms with Gasteiger partial charge in [-0.3, -0.25) is 15.4 Å². The second-order valence-corrected chi connectivity index (χ2v) is 6.04. The highest BCUT2D eigenvalue weighted by atomic mass is 19.1. The summed E-state index contributed by atoms with van der Waals surface area (Å²) in [4.78, 5) is 23.5. The van der Waals surface area contributed by atoms with E-state index in [0.29, 0.717) is 5.56 Å². The highest BCUT2D eigenvalue weighted by Gasteiger charge is 2.22. The maximum absolute atomic E-state index is 13.7. The van der Waals surface area contributed by atoms with Crippen LogP contribution in [0.3, 0.4) is 0 Å². The number of carbonyl (C=O) groups excluding carboxylic acids is 2. The second-order valence-electron chi connectivity index (χ2n) is 6.04. The van der Waals surface area contributed by atoms with Gasteiger partial charge in [-0.25, -0.2) is 9.18 Å². The minimum absolute atomic E-state index is 0.345. The van der Waals surface area contributed by atoms with Crippen molar-refractivity contribution in [2.75, 3.05) is 7.05 Å². The van der Waals surface area contributed by atoms with Gasteiger partial charge >= 0.3 is 6.03 Å².